The van der Waals surface area contributed by atoms with Crippen LogP contribution in [0.3, 0.4) is 0 Å². The lowest BCUT2D eigenvalue weighted by Crippen LogP contribution is -2.44. The summed E-state index contributed by atoms with van der Waals surface area (Å²) in [6.07, 6.45) is 9.54. The fourth-order valence-electron chi connectivity index (χ4n) is 2.45. The maximum atomic E-state index is 3.66. The van der Waals surface area contributed by atoms with Gasteiger partial charge in [0.05, 0.1) is 0 Å². The summed E-state index contributed by atoms with van der Waals surface area (Å²) in [4.78, 5) is 2.68. The molecule has 2 heteroatoms. The highest BCUT2D eigenvalue weighted by atomic mass is 15.1. The maximum absolute atomic E-state index is 3.66. The van der Waals surface area contributed by atoms with E-state index in [0.29, 0.717) is 0 Å². The van der Waals surface area contributed by atoms with Gasteiger partial charge in [0.25, 0.3) is 0 Å². The predicted molar refractivity (Wildman–Crippen MR) is 71.9 cm³/mol. The van der Waals surface area contributed by atoms with Crippen LogP contribution in [-0.2, 0) is 0 Å². The Morgan fingerprint density at radius 1 is 1.06 bits per heavy atom. The highest BCUT2D eigenvalue weighted by Gasteiger charge is 2.15. The summed E-state index contributed by atoms with van der Waals surface area (Å²) in [6.45, 7) is 9.69. The van der Waals surface area contributed by atoms with Gasteiger partial charge in [0, 0.05) is 12.6 Å². The zero-order valence-corrected chi connectivity index (χ0v) is 11.3. The Morgan fingerprint density at radius 2 is 1.75 bits per heavy atom. The van der Waals surface area contributed by atoms with Crippen molar-refractivity contribution < 1.29 is 0 Å². The van der Waals surface area contributed by atoms with Gasteiger partial charge in [0.15, 0.2) is 0 Å². The number of nitrogens with zero attached hydrogens (tertiary/aromatic N) is 1. The molecule has 16 heavy (non-hydrogen) atoms. The number of rotatable bonds is 8. The largest absolute Gasteiger partial charge is 0.313 e. The molecule has 0 unspecified atom stereocenters. The van der Waals surface area contributed by atoms with E-state index in [0.717, 1.165) is 6.04 Å². The molecule has 0 aromatic heterocycles. The Morgan fingerprint density at radius 3 is 2.25 bits per heavy atom. The zero-order valence-electron chi connectivity index (χ0n) is 11.3. The Labute approximate surface area is 102 Å². The summed E-state index contributed by atoms with van der Waals surface area (Å²) in [5, 5.41) is 3.66. The monoisotopic (exact) mass is 226 g/mol. The highest BCUT2D eigenvalue weighted by Crippen LogP contribution is 2.09. The molecule has 1 N–H and O–H groups in total. The minimum absolute atomic E-state index is 0.766. The van der Waals surface area contributed by atoms with Gasteiger partial charge in [-0.25, -0.2) is 0 Å². The summed E-state index contributed by atoms with van der Waals surface area (Å²) in [5.74, 6) is 0. The predicted octanol–water partition coefficient (Wildman–Crippen LogP) is 3.03. The van der Waals surface area contributed by atoms with Crippen molar-refractivity contribution in [2.24, 2.45) is 0 Å². The molecule has 0 saturated carbocycles. The lowest BCUT2D eigenvalue weighted by Gasteiger charge is -2.30. The van der Waals surface area contributed by atoms with E-state index in [1.165, 1.54) is 71.1 Å². The van der Waals surface area contributed by atoms with Crippen molar-refractivity contribution in [2.45, 2.75) is 64.8 Å². The summed E-state index contributed by atoms with van der Waals surface area (Å²) in [5.41, 5.74) is 0. The first-order chi connectivity index (χ1) is 7.86. The molecule has 0 aliphatic carbocycles. The van der Waals surface area contributed by atoms with E-state index in [-0.39, 0.29) is 0 Å². The second-order valence-electron chi connectivity index (χ2n) is 5.15. The zero-order chi connectivity index (χ0) is 11.6. The molecule has 0 bridgehead atoms. The molecule has 1 heterocycles. The minimum atomic E-state index is 0.766. The molecule has 0 aromatic carbocycles. The number of piperidine rings is 1. The fraction of sp³-hybridized carbons (Fsp3) is 1.00. The van der Waals surface area contributed by atoms with Crippen molar-refractivity contribution in [3.63, 3.8) is 0 Å². The van der Waals surface area contributed by atoms with Crippen molar-refractivity contribution in [3.8, 4) is 0 Å². The van der Waals surface area contributed by atoms with Crippen LogP contribution in [0, 0.1) is 0 Å². The summed E-state index contributed by atoms with van der Waals surface area (Å²) in [7, 11) is 0. The molecule has 2 nitrogen and oxygen atoms in total. The third kappa shape index (κ3) is 5.86. The second-order valence-corrected chi connectivity index (χ2v) is 5.15. The van der Waals surface area contributed by atoms with E-state index in [1.807, 2.05) is 0 Å². The molecule has 0 aromatic rings. The summed E-state index contributed by atoms with van der Waals surface area (Å²) >= 11 is 0. The van der Waals surface area contributed by atoms with Gasteiger partial charge in [-0.15, -0.1) is 0 Å². The second kappa shape index (κ2) is 9.00. The standard InChI is InChI=1S/C14H30N2/c1-3-5-11-16(12-6-4-2)13-14-9-7-8-10-15-14/h14-15H,3-13H2,1-2H3/t14-/m0/s1. The molecule has 1 fully saturated rings. The number of hydrogen-bond acceptors (Lipinski definition) is 2. The van der Waals surface area contributed by atoms with Crippen LogP contribution in [0.5, 0.6) is 0 Å². The Kier molecular flexibility index (Phi) is 7.87. The van der Waals surface area contributed by atoms with Crippen molar-refractivity contribution in [3.05, 3.63) is 0 Å². The number of nitrogens with one attached hydrogen (secondary N) is 1. The molecule has 1 rings (SSSR count). The van der Waals surface area contributed by atoms with Crippen LogP contribution in [0.25, 0.3) is 0 Å². The van der Waals surface area contributed by atoms with Gasteiger partial charge in [-0.3, -0.25) is 0 Å². The number of unbranched alkanes of at least 4 members (excludes halogenated alkanes) is 2. The smallest absolute Gasteiger partial charge is 0.0195 e. The van der Waals surface area contributed by atoms with E-state index in [4.69, 9.17) is 0 Å². The summed E-state index contributed by atoms with van der Waals surface area (Å²) < 4.78 is 0. The van der Waals surface area contributed by atoms with Crippen molar-refractivity contribution >= 4 is 0 Å². The van der Waals surface area contributed by atoms with Crippen molar-refractivity contribution in [2.75, 3.05) is 26.2 Å². The first-order valence-corrected chi connectivity index (χ1v) is 7.32. The van der Waals surface area contributed by atoms with Gasteiger partial charge in [-0.05, 0) is 45.3 Å². The van der Waals surface area contributed by atoms with Crippen molar-refractivity contribution in [1.29, 1.82) is 0 Å². The lowest BCUT2D eigenvalue weighted by atomic mass is 10.0. The van der Waals surface area contributed by atoms with E-state index >= 15 is 0 Å². The first-order valence-electron chi connectivity index (χ1n) is 7.32. The molecule has 1 aliphatic rings. The minimum Gasteiger partial charge on any atom is -0.313 e. The average Bonchev–Trinajstić information content (AvgIpc) is 2.34. The van der Waals surface area contributed by atoms with Gasteiger partial charge in [0.1, 0.15) is 0 Å². The fourth-order valence-corrected chi connectivity index (χ4v) is 2.45. The Balaban J connectivity index is 2.23. The summed E-state index contributed by atoms with van der Waals surface area (Å²) in [6, 6.07) is 0.766. The van der Waals surface area contributed by atoms with Crippen LogP contribution in [0.15, 0.2) is 0 Å². The van der Waals surface area contributed by atoms with Gasteiger partial charge in [0.2, 0.25) is 0 Å². The SMILES string of the molecule is CCCCN(CCCC)C[C@@H]1CCCCN1. The average molecular weight is 226 g/mol. The molecule has 1 saturated heterocycles. The van der Waals surface area contributed by atoms with Crippen LogP contribution < -0.4 is 5.32 Å². The van der Waals surface area contributed by atoms with Crippen LogP contribution in [0.4, 0.5) is 0 Å². The normalized spacial score (nSPS) is 21.6. The molecule has 1 aliphatic heterocycles. The lowest BCUT2D eigenvalue weighted by molar-refractivity contribution is 0.218. The topological polar surface area (TPSA) is 15.3 Å². The van der Waals surface area contributed by atoms with E-state index in [1.54, 1.807) is 0 Å². The van der Waals surface area contributed by atoms with Crippen LogP contribution >= 0.6 is 0 Å². The molecular formula is C14H30N2. The Bertz CT molecular complexity index is 145. The quantitative estimate of drug-likeness (QED) is 0.684. The van der Waals surface area contributed by atoms with E-state index in [2.05, 4.69) is 24.1 Å². The molecule has 1 atom stereocenters. The van der Waals surface area contributed by atoms with Gasteiger partial charge in [-0.2, -0.15) is 0 Å². The third-order valence-electron chi connectivity index (χ3n) is 3.55. The number of hydrogen-bond donors (Lipinski definition) is 1. The molecule has 0 radical (unpaired) electrons. The van der Waals surface area contributed by atoms with Gasteiger partial charge in [-0.1, -0.05) is 33.1 Å². The van der Waals surface area contributed by atoms with Gasteiger partial charge >= 0.3 is 0 Å². The maximum Gasteiger partial charge on any atom is 0.0195 e. The molecule has 0 spiro atoms. The van der Waals surface area contributed by atoms with E-state index < -0.39 is 0 Å². The highest BCUT2D eigenvalue weighted by molar-refractivity contribution is 4.76. The molecule has 96 valence electrons. The van der Waals surface area contributed by atoms with Crippen LogP contribution in [0.1, 0.15) is 58.8 Å². The first kappa shape index (κ1) is 14.0. The Hall–Kier alpha value is -0.0800. The molecular weight excluding hydrogens is 196 g/mol. The molecule has 0 amide bonds. The van der Waals surface area contributed by atoms with Crippen LogP contribution in [-0.4, -0.2) is 37.1 Å². The van der Waals surface area contributed by atoms with E-state index in [9.17, 15) is 0 Å². The van der Waals surface area contributed by atoms with Crippen molar-refractivity contribution in [1.82, 2.24) is 10.2 Å². The van der Waals surface area contributed by atoms with Gasteiger partial charge < -0.3 is 10.2 Å². The van der Waals surface area contributed by atoms with Crippen LogP contribution in [0.2, 0.25) is 0 Å². The third-order valence-corrected chi connectivity index (χ3v) is 3.55.